The third kappa shape index (κ3) is 2.12. The molecule has 1 N–H and O–H groups in total. The number of hydrogen-bond donors (Lipinski definition) is 1. The Morgan fingerprint density at radius 1 is 1.44 bits per heavy atom. The molecule has 2 aromatic rings. The number of fused-ring (bicyclic) bond motifs is 1. The summed E-state index contributed by atoms with van der Waals surface area (Å²) in [6, 6.07) is 5.79. The van der Waals surface area contributed by atoms with E-state index >= 15 is 0 Å². The Bertz CT molecular complexity index is 611. The van der Waals surface area contributed by atoms with Crippen molar-refractivity contribution in [3.8, 4) is 0 Å². The molecule has 1 fully saturated rings. The monoisotopic (exact) mass is 310 g/mol. The molecular weight excluding hydrogens is 296 g/mol. The van der Waals surface area contributed by atoms with E-state index in [4.69, 9.17) is 4.74 Å². The molecule has 0 saturated carbocycles. The molecule has 1 aliphatic heterocycles. The second kappa shape index (κ2) is 4.90. The van der Waals surface area contributed by atoms with E-state index in [2.05, 4.69) is 20.9 Å². The lowest BCUT2D eigenvalue weighted by atomic mass is 10.1. The average molecular weight is 311 g/mol. The fourth-order valence-electron chi connectivity index (χ4n) is 2.50. The highest BCUT2D eigenvalue weighted by Crippen LogP contribution is 2.23. The van der Waals surface area contributed by atoms with Crippen molar-refractivity contribution >= 4 is 27.0 Å². The van der Waals surface area contributed by atoms with Crippen LogP contribution in [-0.4, -0.2) is 22.3 Å². The van der Waals surface area contributed by atoms with E-state index in [-0.39, 0.29) is 11.8 Å². The maximum Gasteiger partial charge on any atom is 0.326 e. The van der Waals surface area contributed by atoms with Crippen molar-refractivity contribution in [3.63, 3.8) is 0 Å². The molecule has 4 nitrogen and oxygen atoms in total. The summed E-state index contributed by atoms with van der Waals surface area (Å²) in [7, 11) is 0. The van der Waals surface area contributed by atoms with Crippen LogP contribution in [0.2, 0.25) is 0 Å². The maximum absolute atomic E-state index is 12.0. The largest absolute Gasteiger partial charge is 0.376 e. The quantitative estimate of drug-likeness (QED) is 0.927. The molecule has 0 aliphatic carbocycles. The summed E-state index contributed by atoms with van der Waals surface area (Å²) in [5.41, 5.74) is 1.73. The van der Waals surface area contributed by atoms with Crippen molar-refractivity contribution in [2.24, 2.45) is 0 Å². The summed E-state index contributed by atoms with van der Waals surface area (Å²) >= 11 is 3.51. The van der Waals surface area contributed by atoms with Gasteiger partial charge in [0, 0.05) is 11.1 Å². The molecule has 1 unspecified atom stereocenters. The Morgan fingerprint density at radius 3 is 3.11 bits per heavy atom. The van der Waals surface area contributed by atoms with Gasteiger partial charge < -0.3 is 9.72 Å². The smallest absolute Gasteiger partial charge is 0.326 e. The van der Waals surface area contributed by atoms with E-state index in [9.17, 15) is 4.79 Å². The average Bonchev–Trinajstić information content (AvgIpc) is 2.69. The molecule has 0 bridgehead atoms. The molecule has 1 atom stereocenters. The van der Waals surface area contributed by atoms with Gasteiger partial charge in [-0.2, -0.15) is 0 Å². The molecule has 2 heterocycles. The highest BCUT2D eigenvalue weighted by atomic mass is 79.9. The van der Waals surface area contributed by atoms with Crippen LogP contribution in [0.5, 0.6) is 0 Å². The number of imidazole rings is 1. The standard InChI is InChI=1S/C13H15BrN2O2/c14-10-5-3-6-11-12(10)16(13(17)15-11)8-9-4-1-2-7-18-9/h3,5-6,9H,1-2,4,7-8H2,(H,15,17). The zero-order valence-corrected chi connectivity index (χ0v) is 11.6. The molecule has 0 radical (unpaired) electrons. The van der Waals surface area contributed by atoms with Crippen molar-refractivity contribution in [1.29, 1.82) is 0 Å². The van der Waals surface area contributed by atoms with Gasteiger partial charge >= 0.3 is 5.69 Å². The van der Waals surface area contributed by atoms with Crippen LogP contribution in [0.1, 0.15) is 19.3 Å². The third-order valence-corrected chi connectivity index (χ3v) is 4.04. The van der Waals surface area contributed by atoms with Crippen LogP contribution < -0.4 is 5.69 Å². The van der Waals surface area contributed by atoms with Gasteiger partial charge in [0.05, 0.1) is 23.7 Å². The molecule has 1 aliphatic rings. The van der Waals surface area contributed by atoms with Crippen molar-refractivity contribution in [1.82, 2.24) is 9.55 Å². The minimum atomic E-state index is -0.0638. The first-order chi connectivity index (χ1) is 8.75. The fourth-order valence-corrected chi connectivity index (χ4v) is 3.08. The van der Waals surface area contributed by atoms with E-state index in [1.165, 1.54) is 6.42 Å². The third-order valence-electron chi connectivity index (χ3n) is 3.40. The van der Waals surface area contributed by atoms with Crippen molar-refractivity contribution in [3.05, 3.63) is 33.2 Å². The first-order valence-corrected chi connectivity index (χ1v) is 7.03. The number of aromatic amines is 1. The Morgan fingerprint density at radius 2 is 2.33 bits per heavy atom. The van der Waals surface area contributed by atoms with Gasteiger partial charge in [-0.1, -0.05) is 6.07 Å². The topological polar surface area (TPSA) is 47.0 Å². The van der Waals surface area contributed by atoms with E-state index in [1.54, 1.807) is 4.57 Å². The highest BCUT2D eigenvalue weighted by molar-refractivity contribution is 9.10. The fraction of sp³-hybridized carbons (Fsp3) is 0.462. The summed E-state index contributed by atoms with van der Waals surface area (Å²) in [6.07, 6.45) is 3.50. The first-order valence-electron chi connectivity index (χ1n) is 6.24. The van der Waals surface area contributed by atoms with Crippen LogP contribution in [0, 0.1) is 0 Å². The molecule has 0 spiro atoms. The van der Waals surface area contributed by atoms with Crippen LogP contribution in [0.15, 0.2) is 27.5 Å². The van der Waals surface area contributed by atoms with Crippen molar-refractivity contribution in [2.75, 3.05) is 6.61 Å². The summed E-state index contributed by atoms with van der Waals surface area (Å²) < 4.78 is 8.42. The Hall–Kier alpha value is -1.07. The van der Waals surface area contributed by atoms with Crippen LogP contribution in [0.25, 0.3) is 11.0 Å². The number of H-pyrrole nitrogens is 1. The Kier molecular flexibility index (Phi) is 3.26. The zero-order valence-electron chi connectivity index (χ0n) is 9.99. The van der Waals surface area contributed by atoms with Gasteiger partial charge in [0.1, 0.15) is 0 Å². The molecule has 1 aromatic heterocycles. The lowest BCUT2D eigenvalue weighted by Gasteiger charge is -2.22. The molecule has 1 saturated heterocycles. The molecular formula is C13H15BrN2O2. The normalized spacial score (nSPS) is 20.4. The number of nitrogens with one attached hydrogen (secondary N) is 1. The summed E-state index contributed by atoms with van der Waals surface area (Å²) in [5.74, 6) is 0. The van der Waals surface area contributed by atoms with Crippen molar-refractivity contribution in [2.45, 2.75) is 31.9 Å². The van der Waals surface area contributed by atoms with Crippen LogP contribution in [0.4, 0.5) is 0 Å². The summed E-state index contributed by atoms with van der Waals surface area (Å²) in [5, 5.41) is 0. The van der Waals surface area contributed by atoms with Gasteiger partial charge in [0.15, 0.2) is 0 Å². The van der Waals surface area contributed by atoms with E-state index < -0.39 is 0 Å². The van der Waals surface area contributed by atoms with E-state index in [0.29, 0.717) is 6.54 Å². The van der Waals surface area contributed by atoms with Gasteiger partial charge in [-0.3, -0.25) is 4.57 Å². The molecule has 1 aromatic carbocycles. The molecule has 18 heavy (non-hydrogen) atoms. The predicted molar refractivity (Wildman–Crippen MR) is 73.8 cm³/mol. The summed E-state index contributed by atoms with van der Waals surface area (Å²) in [4.78, 5) is 14.9. The van der Waals surface area contributed by atoms with E-state index in [1.807, 2.05) is 18.2 Å². The van der Waals surface area contributed by atoms with Gasteiger partial charge in [-0.05, 0) is 47.3 Å². The number of nitrogens with zero attached hydrogens (tertiary/aromatic N) is 1. The van der Waals surface area contributed by atoms with Crippen LogP contribution in [-0.2, 0) is 11.3 Å². The second-order valence-corrected chi connectivity index (χ2v) is 5.52. The minimum absolute atomic E-state index is 0.0638. The molecule has 3 rings (SSSR count). The summed E-state index contributed by atoms with van der Waals surface area (Å²) in [6.45, 7) is 1.43. The van der Waals surface area contributed by atoms with Crippen LogP contribution >= 0.6 is 15.9 Å². The van der Waals surface area contributed by atoms with Gasteiger partial charge in [0.2, 0.25) is 0 Å². The zero-order chi connectivity index (χ0) is 12.5. The van der Waals surface area contributed by atoms with Gasteiger partial charge in [0.25, 0.3) is 0 Å². The number of para-hydroxylation sites is 1. The molecule has 0 amide bonds. The van der Waals surface area contributed by atoms with Gasteiger partial charge in [-0.15, -0.1) is 0 Å². The number of hydrogen-bond acceptors (Lipinski definition) is 2. The Balaban J connectivity index is 2.00. The first kappa shape index (κ1) is 12.0. The second-order valence-electron chi connectivity index (χ2n) is 4.67. The maximum atomic E-state index is 12.0. The van der Waals surface area contributed by atoms with Gasteiger partial charge in [-0.25, -0.2) is 4.79 Å². The highest BCUT2D eigenvalue weighted by Gasteiger charge is 2.18. The lowest BCUT2D eigenvalue weighted by Crippen LogP contribution is -2.29. The number of benzene rings is 1. The number of ether oxygens (including phenoxy) is 1. The Labute approximate surface area is 113 Å². The van der Waals surface area contributed by atoms with E-state index in [0.717, 1.165) is 35.0 Å². The number of rotatable bonds is 2. The minimum Gasteiger partial charge on any atom is -0.376 e. The number of aromatic nitrogens is 2. The molecule has 96 valence electrons. The van der Waals surface area contributed by atoms with Crippen molar-refractivity contribution < 1.29 is 4.74 Å². The lowest BCUT2D eigenvalue weighted by molar-refractivity contribution is 0.00612. The predicted octanol–water partition coefficient (Wildman–Crippen LogP) is 2.66. The molecule has 5 heteroatoms. The number of halogens is 1. The van der Waals surface area contributed by atoms with Crippen LogP contribution in [0.3, 0.4) is 0 Å². The SMILES string of the molecule is O=c1[nH]c2cccc(Br)c2n1CC1CCCCO1.